The molecule has 0 aromatic carbocycles. The zero-order chi connectivity index (χ0) is 21.3. The van der Waals surface area contributed by atoms with E-state index in [9.17, 15) is 15.0 Å². The van der Waals surface area contributed by atoms with Crippen molar-refractivity contribution in [2.45, 2.75) is 95.3 Å². The fourth-order valence-corrected chi connectivity index (χ4v) is 6.31. The van der Waals surface area contributed by atoms with E-state index in [1.165, 1.54) is 10.4 Å². The Hall–Kier alpha value is -1.93. The maximum Gasteiger partial charge on any atom is 0.405 e. The second kappa shape index (κ2) is 8.67. The Kier molecular flexibility index (Phi) is 6.16. The topological polar surface area (TPSA) is 105 Å². The molecule has 3 N–H and O–H groups in total. The van der Waals surface area contributed by atoms with Crippen LogP contribution in [0.1, 0.15) is 81.6 Å². The Bertz CT molecular complexity index is 907. The van der Waals surface area contributed by atoms with Crippen LogP contribution < -0.4 is 10.1 Å². The van der Waals surface area contributed by atoms with E-state index < -0.39 is 6.09 Å². The molecule has 2 aliphatic rings. The maximum absolute atomic E-state index is 11.2. The first kappa shape index (κ1) is 21.3. The van der Waals surface area contributed by atoms with Gasteiger partial charge in [-0.15, -0.1) is 11.3 Å². The normalized spacial score (nSPS) is 27.0. The highest BCUT2D eigenvalue weighted by atomic mass is 32.1. The first-order valence-corrected chi connectivity index (χ1v) is 11.9. The second-order valence-corrected chi connectivity index (χ2v) is 9.80. The number of aliphatic hydroxyl groups excluding tert-OH is 1. The van der Waals surface area contributed by atoms with Crippen LogP contribution in [0.2, 0.25) is 0 Å². The van der Waals surface area contributed by atoms with Crippen molar-refractivity contribution in [3.05, 3.63) is 16.8 Å². The molecule has 0 bridgehead atoms. The second-order valence-electron chi connectivity index (χ2n) is 8.71. The molecule has 2 aromatic rings. The number of aryl methyl sites for hydroxylation is 1. The molecule has 0 radical (unpaired) electrons. The minimum absolute atomic E-state index is 0.0232. The lowest BCUT2D eigenvalue weighted by molar-refractivity contribution is 0.0934. The summed E-state index contributed by atoms with van der Waals surface area (Å²) in [5, 5.41) is 23.1. The van der Waals surface area contributed by atoms with Crippen molar-refractivity contribution in [1.82, 2.24) is 15.3 Å². The van der Waals surface area contributed by atoms with Gasteiger partial charge in [0.25, 0.3) is 0 Å². The Labute approximate surface area is 180 Å². The van der Waals surface area contributed by atoms with Crippen LogP contribution in [0.3, 0.4) is 0 Å². The molecule has 0 aliphatic heterocycles. The number of hydrogen-bond acceptors (Lipinski definition) is 6. The number of amides is 1. The summed E-state index contributed by atoms with van der Waals surface area (Å²) in [6.45, 7) is 4.05. The fraction of sp³-hybridized carbons (Fsp3) is 0.682. The lowest BCUT2D eigenvalue weighted by atomic mass is 9.78. The van der Waals surface area contributed by atoms with Gasteiger partial charge in [0.05, 0.1) is 11.5 Å². The summed E-state index contributed by atoms with van der Waals surface area (Å²) in [6.07, 6.45) is 7.88. The number of aromatic nitrogens is 2. The van der Waals surface area contributed by atoms with Crippen molar-refractivity contribution < 1.29 is 19.7 Å². The van der Waals surface area contributed by atoms with E-state index in [0.29, 0.717) is 11.8 Å². The van der Waals surface area contributed by atoms with E-state index in [2.05, 4.69) is 15.3 Å². The number of hydrogen-bond donors (Lipinski definition) is 3. The van der Waals surface area contributed by atoms with Gasteiger partial charge in [0.2, 0.25) is 5.88 Å². The lowest BCUT2D eigenvalue weighted by Crippen LogP contribution is -2.51. The number of carbonyl (C=O) groups is 1. The first-order chi connectivity index (χ1) is 14.4. The van der Waals surface area contributed by atoms with Crippen LogP contribution in [0, 0.1) is 0 Å². The van der Waals surface area contributed by atoms with Crippen LogP contribution in [0.25, 0.3) is 10.2 Å². The van der Waals surface area contributed by atoms with Gasteiger partial charge in [0, 0.05) is 10.4 Å². The van der Waals surface area contributed by atoms with Gasteiger partial charge < -0.3 is 20.3 Å². The summed E-state index contributed by atoms with van der Waals surface area (Å²) in [6, 6.07) is 0. The summed E-state index contributed by atoms with van der Waals surface area (Å²) >= 11 is 1.72. The van der Waals surface area contributed by atoms with Gasteiger partial charge in [-0.3, -0.25) is 0 Å². The standard InChI is InChI=1S/C22H31N3O4S/c1-3-14(26)11-13-5-6-16-17(13)18-19(23-12-24-20(18)30-16)29-15-7-9-22(4-2,10-8-15)25-21(27)28/h12-15,25-26H,3-11H2,1-2H3,(H,27,28)/t13-,14-,15?,22?/m1/s1. The summed E-state index contributed by atoms with van der Waals surface area (Å²) in [7, 11) is 0. The molecule has 0 saturated heterocycles. The van der Waals surface area contributed by atoms with E-state index >= 15 is 0 Å². The van der Waals surface area contributed by atoms with Crippen LogP contribution in [0.15, 0.2) is 6.33 Å². The first-order valence-electron chi connectivity index (χ1n) is 11.1. The van der Waals surface area contributed by atoms with Crippen molar-refractivity contribution in [3.63, 3.8) is 0 Å². The van der Waals surface area contributed by atoms with Crippen molar-refractivity contribution >= 4 is 27.6 Å². The minimum Gasteiger partial charge on any atom is -0.474 e. The van der Waals surface area contributed by atoms with Gasteiger partial charge in [-0.05, 0) is 69.3 Å². The molecule has 4 rings (SSSR count). The van der Waals surface area contributed by atoms with Gasteiger partial charge in [0.1, 0.15) is 17.3 Å². The summed E-state index contributed by atoms with van der Waals surface area (Å²) in [4.78, 5) is 22.5. The number of rotatable bonds is 7. The molecule has 7 nitrogen and oxygen atoms in total. The molecule has 1 fully saturated rings. The number of ether oxygens (including phenoxy) is 1. The number of nitrogens with one attached hydrogen (secondary N) is 1. The van der Waals surface area contributed by atoms with Crippen LogP contribution in [-0.4, -0.2) is 44.0 Å². The zero-order valence-corrected chi connectivity index (χ0v) is 18.5. The maximum atomic E-state index is 11.2. The molecule has 0 unspecified atom stereocenters. The van der Waals surface area contributed by atoms with E-state index in [0.717, 1.165) is 68.0 Å². The highest BCUT2D eigenvalue weighted by Gasteiger charge is 2.37. The Morgan fingerprint density at radius 1 is 1.33 bits per heavy atom. The van der Waals surface area contributed by atoms with Gasteiger partial charge in [0.15, 0.2) is 0 Å². The molecule has 1 saturated carbocycles. The van der Waals surface area contributed by atoms with Crippen LogP contribution in [0.4, 0.5) is 4.79 Å². The molecule has 2 aliphatic carbocycles. The predicted molar refractivity (Wildman–Crippen MR) is 116 cm³/mol. The largest absolute Gasteiger partial charge is 0.474 e. The van der Waals surface area contributed by atoms with Crippen LogP contribution >= 0.6 is 11.3 Å². The quantitative estimate of drug-likeness (QED) is 0.588. The number of carboxylic acid groups (broad SMARTS) is 1. The number of fused-ring (bicyclic) bond motifs is 3. The zero-order valence-electron chi connectivity index (χ0n) is 17.7. The van der Waals surface area contributed by atoms with Gasteiger partial charge in [-0.2, -0.15) is 0 Å². The van der Waals surface area contributed by atoms with E-state index in [1.54, 1.807) is 17.7 Å². The molecule has 2 aromatic heterocycles. The molecule has 30 heavy (non-hydrogen) atoms. The van der Waals surface area contributed by atoms with E-state index in [4.69, 9.17) is 4.74 Å². The van der Waals surface area contributed by atoms with Crippen molar-refractivity contribution in [2.24, 2.45) is 0 Å². The molecular formula is C22H31N3O4S. The summed E-state index contributed by atoms with van der Waals surface area (Å²) in [5.41, 5.74) is 0.932. The molecule has 1 amide bonds. The van der Waals surface area contributed by atoms with Crippen molar-refractivity contribution in [1.29, 1.82) is 0 Å². The Balaban J connectivity index is 1.54. The predicted octanol–water partition coefficient (Wildman–Crippen LogP) is 4.62. The third kappa shape index (κ3) is 4.12. The average Bonchev–Trinajstić information content (AvgIpc) is 3.29. The molecule has 2 heterocycles. The van der Waals surface area contributed by atoms with Crippen molar-refractivity contribution in [3.8, 4) is 5.88 Å². The van der Waals surface area contributed by atoms with Gasteiger partial charge in [-0.25, -0.2) is 14.8 Å². The molecule has 2 atom stereocenters. The summed E-state index contributed by atoms with van der Waals surface area (Å²) < 4.78 is 6.39. The van der Waals surface area contributed by atoms with Crippen molar-refractivity contribution in [2.75, 3.05) is 0 Å². The highest BCUT2D eigenvalue weighted by molar-refractivity contribution is 7.19. The monoisotopic (exact) mass is 433 g/mol. The number of nitrogens with zero attached hydrogens (tertiary/aromatic N) is 2. The average molecular weight is 434 g/mol. The minimum atomic E-state index is -0.956. The number of thiophene rings is 1. The third-order valence-corrected chi connectivity index (χ3v) is 8.11. The van der Waals surface area contributed by atoms with E-state index in [1.807, 2.05) is 13.8 Å². The van der Waals surface area contributed by atoms with Gasteiger partial charge >= 0.3 is 6.09 Å². The third-order valence-electron chi connectivity index (χ3n) is 6.94. The molecule has 0 spiro atoms. The highest BCUT2D eigenvalue weighted by Crippen LogP contribution is 2.48. The van der Waals surface area contributed by atoms with Crippen LogP contribution in [-0.2, 0) is 6.42 Å². The Morgan fingerprint density at radius 3 is 2.77 bits per heavy atom. The molecular weight excluding hydrogens is 402 g/mol. The van der Waals surface area contributed by atoms with Gasteiger partial charge in [-0.1, -0.05) is 13.8 Å². The molecule has 8 heteroatoms. The van der Waals surface area contributed by atoms with Crippen LogP contribution in [0.5, 0.6) is 5.88 Å². The smallest absolute Gasteiger partial charge is 0.405 e. The lowest BCUT2D eigenvalue weighted by Gasteiger charge is -2.39. The number of aliphatic hydroxyl groups is 1. The van der Waals surface area contributed by atoms with E-state index in [-0.39, 0.29) is 17.7 Å². The fourth-order valence-electron chi connectivity index (χ4n) is 5.07. The summed E-state index contributed by atoms with van der Waals surface area (Å²) in [5.74, 6) is 0.978. The molecule has 164 valence electrons. The SMILES string of the molecule is CC[C@@H](O)C[C@H]1CCc2sc3ncnc(OC4CCC(CC)(NC(=O)O)CC4)c3c21. The Morgan fingerprint density at radius 2 is 2.10 bits per heavy atom.